The van der Waals surface area contributed by atoms with E-state index in [4.69, 9.17) is 9.84 Å². The number of hydrogen-bond donors (Lipinski definition) is 1. The minimum atomic E-state index is -0.0590. The fourth-order valence-corrected chi connectivity index (χ4v) is 1.63. The van der Waals surface area contributed by atoms with Gasteiger partial charge in [-0.15, -0.1) is 10.2 Å². The molecule has 0 amide bonds. The van der Waals surface area contributed by atoms with Crippen LogP contribution in [0.3, 0.4) is 0 Å². The van der Waals surface area contributed by atoms with Crippen LogP contribution < -0.4 is 0 Å². The Morgan fingerprint density at radius 1 is 1.69 bits per heavy atom. The summed E-state index contributed by atoms with van der Waals surface area (Å²) in [4.78, 5) is 0. The van der Waals surface area contributed by atoms with E-state index in [1.54, 1.807) is 6.33 Å². The zero-order valence-corrected chi connectivity index (χ0v) is 7.39. The molecule has 1 aromatic heterocycles. The molecular weight excluding hydrogens is 170 g/mol. The quantitative estimate of drug-likeness (QED) is 0.707. The Morgan fingerprint density at radius 3 is 3.31 bits per heavy atom. The van der Waals surface area contributed by atoms with E-state index in [2.05, 4.69) is 10.2 Å². The van der Waals surface area contributed by atoms with E-state index in [9.17, 15) is 0 Å². The number of nitrogens with zero attached hydrogens (tertiary/aromatic N) is 3. The SMILES string of the molecule is OCc1nncn1C1CCCOC1. The topological polar surface area (TPSA) is 60.2 Å². The zero-order valence-electron chi connectivity index (χ0n) is 7.39. The summed E-state index contributed by atoms with van der Waals surface area (Å²) in [6, 6.07) is 0.297. The van der Waals surface area contributed by atoms with Crippen molar-refractivity contribution in [3.63, 3.8) is 0 Å². The van der Waals surface area contributed by atoms with Gasteiger partial charge in [-0.2, -0.15) is 0 Å². The average molecular weight is 183 g/mol. The number of hydrogen-bond acceptors (Lipinski definition) is 4. The third kappa shape index (κ3) is 1.71. The van der Waals surface area contributed by atoms with Crippen molar-refractivity contribution in [2.45, 2.75) is 25.5 Å². The Hall–Kier alpha value is -0.940. The molecule has 1 saturated heterocycles. The van der Waals surface area contributed by atoms with E-state index >= 15 is 0 Å². The van der Waals surface area contributed by atoms with Crippen LogP contribution in [0.25, 0.3) is 0 Å². The maximum absolute atomic E-state index is 8.97. The number of rotatable bonds is 2. The van der Waals surface area contributed by atoms with Crippen molar-refractivity contribution < 1.29 is 9.84 Å². The molecule has 5 nitrogen and oxygen atoms in total. The molecule has 1 atom stereocenters. The monoisotopic (exact) mass is 183 g/mol. The van der Waals surface area contributed by atoms with Crippen LogP contribution in [0.5, 0.6) is 0 Å². The number of aromatic nitrogens is 3. The van der Waals surface area contributed by atoms with Crippen LogP contribution in [0, 0.1) is 0 Å². The van der Waals surface area contributed by atoms with Crippen molar-refractivity contribution in [1.29, 1.82) is 0 Å². The summed E-state index contributed by atoms with van der Waals surface area (Å²) in [6.45, 7) is 1.48. The summed E-state index contributed by atoms with van der Waals surface area (Å²) in [5.74, 6) is 0.621. The van der Waals surface area contributed by atoms with Gasteiger partial charge in [0, 0.05) is 6.61 Å². The molecule has 2 rings (SSSR count). The summed E-state index contributed by atoms with van der Waals surface area (Å²) in [7, 11) is 0. The lowest BCUT2D eigenvalue weighted by Gasteiger charge is -2.23. The summed E-state index contributed by atoms with van der Waals surface area (Å²) in [6.07, 6.45) is 3.80. The van der Waals surface area contributed by atoms with E-state index in [-0.39, 0.29) is 6.61 Å². The standard InChI is InChI=1S/C8H13N3O2/c12-4-8-10-9-6-11(8)7-2-1-3-13-5-7/h6-7,12H,1-5H2. The summed E-state index contributed by atoms with van der Waals surface area (Å²) in [5.41, 5.74) is 0. The lowest BCUT2D eigenvalue weighted by atomic mass is 10.1. The molecule has 0 radical (unpaired) electrons. The molecule has 13 heavy (non-hydrogen) atoms. The highest BCUT2D eigenvalue weighted by molar-refractivity contribution is 4.88. The smallest absolute Gasteiger partial charge is 0.158 e. The van der Waals surface area contributed by atoms with Crippen LogP contribution in [0.15, 0.2) is 6.33 Å². The second kappa shape index (κ2) is 3.85. The molecule has 0 bridgehead atoms. The van der Waals surface area contributed by atoms with Crippen molar-refractivity contribution in [3.05, 3.63) is 12.2 Å². The average Bonchev–Trinajstić information content (AvgIpc) is 2.67. The highest BCUT2D eigenvalue weighted by Gasteiger charge is 2.18. The summed E-state index contributed by atoms with van der Waals surface area (Å²) < 4.78 is 7.25. The second-order valence-corrected chi connectivity index (χ2v) is 3.18. The van der Waals surface area contributed by atoms with Gasteiger partial charge < -0.3 is 14.4 Å². The van der Waals surface area contributed by atoms with Gasteiger partial charge in [0.2, 0.25) is 0 Å². The molecule has 72 valence electrons. The molecule has 1 aliphatic heterocycles. The zero-order chi connectivity index (χ0) is 9.10. The molecule has 5 heteroatoms. The Morgan fingerprint density at radius 2 is 2.62 bits per heavy atom. The van der Waals surface area contributed by atoms with E-state index in [0.29, 0.717) is 18.5 Å². The fourth-order valence-electron chi connectivity index (χ4n) is 1.63. The van der Waals surface area contributed by atoms with Crippen LogP contribution in [0.4, 0.5) is 0 Å². The number of aliphatic hydroxyl groups is 1. The molecule has 0 saturated carbocycles. The van der Waals surface area contributed by atoms with Gasteiger partial charge in [0.05, 0.1) is 12.6 Å². The Kier molecular flexibility index (Phi) is 2.56. The molecule has 1 N–H and O–H groups in total. The summed E-state index contributed by atoms with van der Waals surface area (Å²) in [5, 5.41) is 16.6. The van der Waals surface area contributed by atoms with Gasteiger partial charge in [0.15, 0.2) is 5.82 Å². The molecule has 1 aliphatic rings. The third-order valence-corrected chi connectivity index (χ3v) is 2.32. The van der Waals surface area contributed by atoms with Gasteiger partial charge in [-0.05, 0) is 12.8 Å². The van der Waals surface area contributed by atoms with Crippen LogP contribution >= 0.6 is 0 Å². The highest BCUT2D eigenvalue weighted by Crippen LogP contribution is 2.19. The lowest BCUT2D eigenvalue weighted by molar-refractivity contribution is 0.0567. The number of ether oxygens (including phenoxy) is 1. The Balaban J connectivity index is 2.13. The molecule has 0 spiro atoms. The van der Waals surface area contributed by atoms with E-state index in [1.165, 1.54) is 0 Å². The molecule has 1 aromatic rings. The van der Waals surface area contributed by atoms with Crippen LogP contribution in [-0.4, -0.2) is 33.1 Å². The van der Waals surface area contributed by atoms with Gasteiger partial charge in [0.1, 0.15) is 12.9 Å². The van der Waals surface area contributed by atoms with Gasteiger partial charge in [0.25, 0.3) is 0 Å². The summed E-state index contributed by atoms with van der Waals surface area (Å²) >= 11 is 0. The first kappa shape index (κ1) is 8.65. The van der Waals surface area contributed by atoms with Gasteiger partial charge in [-0.25, -0.2) is 0 Å². The molecule has 1 unspecified atom stereocenters. The molecular formula is C8H13N3O2. The van der Waals surface area contributed by atoms with E-state index < -0.39 is 0 Å². The van der Waals surface area contributed by atoms with E-state index in [1.807, 2.05) is 4.57 Å². The minimum Gasteiger partial charge on any atom is -0.388 e. The number of aliphatic hydroxyl groups excluding tert-OH is 1. The van der Waals surface area contributed by atoms with Crippen molar-refractivity contribution in [2.24, 2.45) is 0 Å². The predicted octanol–water partition coefficient (Wildman–Crippen LogP) is 0.122. The maximum atomic E-state index is 8.97. The van der Waals surface area contributed by atoms with Gasteiger partial charge in [-0.1, -0.05) is 0 Å². The Bertz CT molecular complexity index is 268. The molecule has 0 aliphatic carbocycles. The minimum absolute atomic E-state index is 0.0590. The van der Waals surface area contributed by atoms with Crippen molar-refractivity contribution >= 4 is 0 Å². The largest absolute Gasteiger partial charge is 0.388 e. The fraction of sp³-hybridized carbons (Fsp3) is 0.750. The molecule has 2 heterocycles. The van der Waals surface area contributed by atoms with Crippen LogP contribution in [0.2, 0.25) is 0 Å². The van der Waals surface area contributed by atoms with Crippen LogP contribution in [0.1, 0.15) is 24.7 Å². The first-order valence-corrected chi connectivity index (χ1v) is 4.49. The third-order valence-electron chi connectivity index (χ3n) is 2.32. The highest BCUT2D eigenvalue weighted by atomic mass is 16.5. The predicted molar refractivity (Wildman–Crippen MR) is 45.0 cm³/mol. The second-order valence-electron chi connectivity index (χ2n) is 3.18. The van der Waals surface area contributed by atoms with Gasteiger partial charge in [-0.3, -0.25) is 0 Å². The molecule has 0 aromatic carbocycles. The molecule has 1 fully saturated rings. The van der Waals surface area contributed by atoms with E-state index in [0.717, 1.165) is 19.4 Å². The van der Waals surface area contributed by atoms with Crippen LogP contribution in [-0.2, 0) is 11.3 Å². The maximum Gasteiger partial charge on any atom is 0.158 e. The van der Waals surface area contributed by atoms with Crippen molar-refractivity contribution in [1.82, 2.24) is 14.8 Å². The van der Waals surface area contributed by atoms with Gasteiger partial charge >= 0.3 is 0 Å². The van der Waals surface area contributed by atoms with Crippen molar-refractivity contribution in [3.8, 4) is 0 Å². The first-order chi connectivity index (χ1) is 6.42. The normalized spacial score (nSPS) is 23.3. The first-order valence-electron chi connectivity index (χ1n) is 4.49. The van der Waals surface area contributed by atoms with Crippen molar-refractivity contribution in [2.75, 3.05) is 13.2 Å². The Labute approximate surface area is 76.3 Å². The lowest BCUT2D eigenvalue weighted by Crippen LogP contribution is -2.22.